The molecule has 0 aliphatic heterocycles. The van der Waals surface area contributed by atoms with Gasteiger partial charge >= 0.3 is 5.97 Å². The fourth-order valence-corrected chi connectivity index (χ4v) is 4.54. The number of benzene rings is 3. The molecule has 0 aromatic heterocycles. The van der Waals surface area contributed by atoms with Crippen LogP contribution in [0.5, 0.6) is 17.2 Å². The molecule has 31 heavy (non-hydrogen) atoms. The van der Waals surface area contributed by atoms with E-state index in [2.05, 4.69) is 31.9 Å². The molecular formula is C22H19Br2O6P. The van der Waals surface area contributed by atoms with Crippen LogP contribution in [-0.2, 0) is 16.3 Å². The fraction of sp³-hybridized carbons (Fsp3) is 0.136. The SMILES string of the molecule is CC(O)([PH2]=O)c1cc(Br)c(Oc2ccc(O)c(Cc3ccc(C(=O)O)cc3)c2)c(Br)c1. The Labute approximate surface area is 197 Å². The molecule has 162 valence electrons. The van der Waals surface area contributed by atoms with E-state index >= 15 is 0 Å². The van der Waals surface area contributed by atoms with E-state index in [4.69, 9.17) is 9.84 Å². The van der Waals surface area contributed by atoms with Crippen LogP contribution in [0.4, 0.5) is 0 Å². The highest BCUT2D eigenvalue weighted by Crippen LogP contribution is 2.43. The van der Waals surface area contributed by atoms with Gasteiger partial charge in [0.25, 0.3) is 0 Å². The van der Waals surface area contributed by atoms with Crippen molar-refractivity contribution in [1.82, 2.24) is 0 Å². The number of phenolic OH excluding ortho intramolecular Hbond substituents is 1. The van der Waals surface area contributed by atoms with Gasteiger partial charge in [-0.25, -0.2) is 4.79 Å². The van der Waals surface area contributed by atoms with E-state index in [1.165, 1.54) is 25.1 Å². The summed E-state index contributed by atoms with van der Waals surface area (Å²) in [6, 6.07) is 14.6. The number of ether oxygens (including phenoxy) is 1. The third kappa shape index (κ3) is 5.57. The number of rotatable bonds is 7. The molecule has 0 heterocycles. The van der Waals surface area contributed by atoms with Gasteiger partial charge in [-0.3, -0.25) is 0 Å². The number of aromatic carboxylic acids is 1. The number of carboxylic acid groups (broad SMARTS) is 1. The molecule has 0 spiro atoms. The Morgan fingerprint density at radius 1 is 1.06 bits per heavy atom. The molecule has 9 heteroatoms. The van der Waals surface area contributed by atoms with Crippen molar-refractivity contribution >= 4 is 46.3 Å². The van der Waals surface area contributed by atoms with Gasteiger partial charge in [-0.15, -0.1) is 0 Å². The number of halogens is 2. The molecule has 0 bridgehead atoms. The van der Waals surface area contributed by atoms with Crippen molar-refractivity contribution in [2.75, 3.05) is 0 Å². The largest absolute Gasteiger partial charge is 0.508 e. The van der Waals surface area contributed by atoms with Crippen molar-refractivity contribution in [3.05, 3.63) is 85.8 Å². The molecule has 2 atom stereocenters. The third-order valence-corrected chi connectivity index (χ3v) is 6.65. The van der Waals surface area contributed by atoms with Crippen LogP contribution in [-0.4, -0.2) is 21.3 Å². The number of carboxylic acids is 1. The van der Waals surface area contributed by atoms with Crippen LogP contribution in [0.15, 0.2) is 63.5 Å². The first kappa shape index (κ1) is 23.5. The molecule has 0 saturated carbocycles. The maximum Gasteiger partial charge on any atom is 0.335 e. The Hall–Kier alpha value is -2.12. The van der Waals surface area contributed by atoms with Crippen molar-refractivity contribution in [3.8, 4) is 17.2 Å². The molecule has 6 nitrogen and oxygen atoms in total. The Kier molecular flexibility index (Phi) is 7.27. The van der Waals surface area contributed by atoms with Crippen LogP contribution in [0, 0.1) is 0 Å². The normalized spacial score (nSPS) is 13.3. The summed E-state index contributed by atoms with van der Waals surface area (Å²) in [6.45, 7) is 1.49. The molecule has 0 radical (unpaired) electrons. The van der Waals surface area contributed by atoms with Gasteiger partial charge in [0, 0.05) is 12.0 Å². The number of carbonyl (C=O) groups is 1. The van der Waals surface area contributed by atoms with Crippen LogP contribution in [0.3, 0.4) is 0 Å². The number of hydrogen-bond donors (Lipinski definition) is 3. The first-order valence-electron chi connectivity index (χ1n) is 9.11. The van der Waals surface area contributed by atoms with Crippen LogP contribution in [0.25, 0.3) is 0 Å². The minimum atomic E-state index is -1.44. The number of hydrogen-bond acceptors (Lipinski definition) is 5. The van der Waals surface area contributed by atoms with Gasteiger partial charge in [0.15, 0.2) is 5.75 Å². The molecule has 3 aromatic rings. The molecule has 2 unspecified atom stereocenters. The Morgan fingerprint density at radius 3 is 2.23 bits per heavy atom. The van der Waals surface area contributed by atoms with Crippen LogP contribution in [0.1, 0.15) is 34.0 Å². The smallest absolute Gasteiger partial charge is 0.335 e. The minimum absolute atomic E-state index is 0.0950. The van der Waals surface area contributed by atoms with Crippen LogP contribution in [0.2, 0.25) is 0 Å². The molecular weight excluding hydrogens is 551 g/mol. The molecule has 0 amide bonds. The zero-order valence-electron chi connectivity index (χ0n) is 16.3. The van der Waals surface area contributed by atoms with E-state index in [1.807, 2.05) is 0 Å². The van der Waals surface area contributed by atoms with Gasteiger partial charge in [-0.05, 0) is 92.4 Å². The predicted octanol–water partition coefficient (Wildman–Crippen LogP) is 5.92. The lowest BCUT2D eigenvalue weighted by Gasteiger charge is -2.19. The first-order chi connectivity index (χ1) is 14.6. The predicted molar refractivity (Wildman–Crippen MR) is 126 cm³/mol. The van der Waals surface area contributed by atoms with Gasteiger partial charge in [0.1, 0.15) is 16.8 Å². The maximum atomic E-state index is 11.3. The lowest BCUT2D eigenvalue weighted by atomic mass is 10.0. The van der Waals surface area contributed by atoms with Crippen molar-refractivity contribution in [3.63, 3.8) is 0 Å². The van der Waals surface area contributed by atoms with Crippen LogP contribution >= 0.6 is 40.3 Å². The molecule has 3 aromatic carbocycles. The second-order valence-corrected chi connectivity index (χ2v) is 10.2. The van der Waals surface area contributed by atoms with E-state index < -0.39 is 19.8 Å². The Bertz CT molecular complexity index is 1120. The molecule has 0 saturated heterocycles. The summed E-state index contributed by atoms with van der Waals surface area (Å²) in [7, 11) is -1.44. The Balaban J connectivity index is 1.87. The average molecular weight is 570 g/mol. The molecule has 0 fully saturated rings. The van der Waals surface area contributed by atoms with E-state index in [1.54, 1.807) is 36.4 Å². The quantitative estimate of drug-likeness (QED) is 0.305. The monoisotopic (exact) mass is 568 g/mol. The van der Waals surface area contributed by atoms with Gasteiger partial charge in [-0.1, -0.05) is 12.1 Å². The lowest BCUT2D eigenvalue weighted by Crippen LogP contribution is -2.12. The maximum absolute atomic E-state index is 11.3. The van der Waals surface area contributed by atoms with Crippen molar-refractivity contribution < 1.29 is 29.4 Å². The highest BCUT2D eigenvalue weighted by atomic mass is 79.9. The van der Waals surface area contributed by atoms with E-state index in [-0.39, 0.29) is 11.3 Å². The summed E-state index contributed by atoms with van der Waals surface area (Å²) in [5.41, 5.74) is 2.13. The third-order valence-electron chi connectivity index (χ3n) is 4.68. The average Bonchev–Trinajstić information content (AvgIpc) is 2.73. The lowest BCUT2D eigenvalue weighted by molar-refractivity contribution is 0.0697. The summed E-state index contributed by atoms with van der Waals surface area (Å²) in [5, 5.41) is 28.1. The standard InChI is InChI=1S/C22H19Br2O6P/c1-22(28,31-29)15-10-17(23)20(18(24)11-15)30-16-6-7-19(25)14(9-16)8-12-2-4-13(5-3-12)21(26)27/h2-7,9-11,25,28H,8,31H2,1H3,(H,26,27). The number of aromatic hydroxyl groups is 1. The van der Waals surface area contributed by atoms with Gasteiger partial charge in [0.2, 0.25) is 0 Å². The Morgan fingerprint density at radius 2 is 1.68 bits per heavy atom. The van der Waals surface area contributed by atoms with Crippen LogP contribution < -0.4 is 4.74 Å². The molecule has 0 aliphatic rings. The van der Waals surface area contributed by atoms with Gasteiger partial charge in [0.05, 0.1) is 23.0 Å². The molecule has 3 rings (SSSR count). The minimum Gasteiger partial charge on any atom is -0.508 e. The van der Waals surface area contributed by atoms with Crippen molar-refractivity contribution in [2.45, 2.75) is 18.7 Å². The zero-order valence-corrected chi connectivity index (χ0v) is 20.6. The summed E-state index contributed by atoms with van der Waals surface area (Å²) in [6.07, 6.45) is 0.388. The topological polar surface area (TPSA) is 104 Å². The van der Waals surface area contributed by atoms with Crippen molar-refractivity contribution in [2.24, 2.45) is 0 Å². The zero-order chi connectivity index (χ0) is 22.8. The second-order valence-electron chi connectivity index (χ2n) is 7.11. The van der Waals surface area contributed by atoms with Gasteiger partial charge in [-0.2, -0.15) is 0 Å². The summed E-state index contributed by atoms with van der Waals surface area (Å²) < 4.78 is 18.4. The summed E-state index contributed by atoms with van der Waals surface area (Å²) in [5.74, 6) is 0.0379. The van der Waals surface area contributed by atoms with E-state index in [0.29, 0.717) is 38.0 Å². The molecule has 3 N–H and O–H groups in total. The summed E-state index contributed by atoms with van der Waals surface area (Å²) in [4.78, 5) is 11.0. The number of phenols is 1. The first-order valence-corrected chi connectivity index (χ1v) is 11.7. The van der Waals surface area contributed by atoms with Gasteiger partial charge < -0.3 is 24.6 Å². The molecule has 0 aliphatic carbocycles. The number of aliphatic hydroxyl groups is 1. The summed E-state index contributed by atoms with van der Waals surface area (Å²) >= 11 is 6.85. The fourth-order valence-electron chi connectivity index (χ4n) is 2.89. The van der Waals surface area contributed by atoms with Crippen molar-refractivity contribution in [1.29, 1.82) is 0 Å². The highest BCUT2D eigenvalue weighted by Gasteiger charge is 2.24. The second kappa shape index (κ2) is 9.57. The van der Waals surface area contributed by atoms with E-state index in [0.717, 1.165) is 5.56 Å². The van der Waals surface area contributed by atoms with E-state index in [9.17, 15) is 19.6 Å². The highest BCUT2D eigenvalue weighted by molar-refractivity contribution is 9.11.